The van der Waals surface area contributed by atoms with Crippen molar-refractivity contribution in [1.29, 1.82) is 0 Å². The maximum absolute atomic E-state index is 10.3. The van der Waals surface area contributed by atoms with Crippen LogP contribution in [0.4, 0.5) is 0 Å². The monoisotopic (exact) mass is 190 g/mol. The zero-order chi connectivity index (χ0) is 9.61. The van der Waals surface area contributed by atoms with E-state index < -0.39 is 14.3 Å². The van der Waals surface area contributed by atoms with Crippen LogP contribution in [0.25, 0.3) is 0 Å². The zero-order valence-corrected chi connectivity index (χ0v) is 9.09. The van der Waals surface area contributed by atoms with Crippen LogP contribution < -0.4 is 0 Å². The van der Waals surface area contributed by atoms with E-state index in [0.29, 0.717) is 0 Å². The van der Waals surface area contributed by atoms with E-state index in [-0.39, 0.29) is 6.61 Å². The van der Waals surface area contributed by atoms with Crippen molar-refractivity contribution in [1.82, 2.24) is 0 Å². The molecule has 1 N–H and O–H groups in total. The number of hydrogen-bond acceptors (Lipinski definition) is 2. The Bertz CT molecular complexity index is 135. The first-order valence-corrected chi connectivity index (χ1v) is 6.99. The first kappa shape index (κ1) is 11.6. The lowest BCUT2D eigenvalue weighted by Crippen LogP contribution is -2.37. The summed E-state index contributed by atoms with van der Waals surface area (Å²) in [5.41, 5.74) is 0. The Morgan fingerprint density at radius 2 is 1.67 bits per heavy atom. The van der Waals surface area contributed by atoms with E-state index >= 15 is 0 Å². The molecular weight excluding hydrogens is 172 g/mol. The van der Waals surface area contributed by atoms with Crippen LogP contribution in [0, 0.1) is 0 Å². The normalized spacial score (nSPS) is 11.6. The van der Waals surface area contributed by atoms with Crippen LogP contribution >= 0.6 is 0 Å². The minimum atomic E-state index is -1.66. The molecule has 4 heteroatoms. The molecule has 0 aliphatic heterocycles. The van der Waals surface area contributed by atoms with E-state index in [1.807, 2.05) is 0 Å². The Hall–Kier alpha value is -0.353. The molecule has 0 fully saturated rings. The van der Waals surface area contributed by atoms with Crippen molar-refractivity contribution >= 4 is 14.3 Å². The maximum Gasteiger partial charge on any atom is 0.328 e. The van der Waals surface area contributed by atoms with Gasteiger partial charge < -0.3 is 9.53 Å². The predicted molar refractivity (Wildman–Crippen MR) is 50.8 cm³/mol. The van der Waals surface area contributed by atoms with Crippen molar-refractivity contribution in [3.8, 4) is 0 Å². The molecule has 0 radical (unpaired) electrons. The molecule has 0 bridgehead atoms. The highest BCUT2D eigenvalue weighted by atomic mass is 28.4. The summed E-state index contributed by atoms with van der Waals surface area (Å²) in [6.07, 6.45) is 0. The van der Waals surface area contributed by atoms with Crippen LogP contribution in [-0.4, -0.2) is 26.0 Å². The third kappa shape index (κ3) is 3.36. The molecule has 0 aromatic carbocycles. The fourth-order valence-electron chi connectivity index (χ4n) is 1.27. The molecule has 12 heavy (non-hydrogen) atoms. The third-order valence-corrected chi connectivity index (χ3v) is 7.06. The quantitative estimate of drug-likeness (QED) is 0.652. The molecule has 0 heterocycles. The molecule has 0 aliphatic carbocycles. The average molecular weight is 190 g/mol. The van der Waals surface area contributed by atoms with Crippen LogP contribution in [0.1, 0.15) is 20.8 Å². The smallest absolute Gasteiger partial charge is 0.328 e. The Labute approximate surface area is 74.9 Å². The van der Waals surface area contributed by atoms with Crippen LogP contribution in [0.3, 0.4) is 0 Å². The lowest BCUT2D eigenvalue weighted by Gasteiger charge is -2.26. The van der Waals surface area contributed by atoms with E-state index in [1.165, 1.54) is 0 Å². The summed E-state index contributed by atoms with van der Waals surface area (Å²) < 4.78 is 5.48. The van der Waals surface area contributed by atoms with Crippen molar-refractivity contribution in [3.05, 3.63) is 0 Å². The highest BCUT2D eigenvalue weighted by molar-refractivity contribution is 6.73. The van der Waals surface area contributed by atoms with Gasteiger partial charge >= 0.3 is 5.97 Å². The number of carbonyl (C=O) groups is 1. The number of aliphatic carboxylic acids is 1. The third-order valence-electron chi connectivity index (χ3n) is 2.43. The maximum atomic E-state index is 10.3. The van der Waals surface area contributed by atoms with Crippen LogP contribution in [0.5, 0.6) is 0 Å². The van der Waals surface area contributed by atoms with Gasteiger partial charge in [-0.05, 0) is 18.1 Å². The van der Waals surface area contributed by atoms with Crippen molar-refractivity contribution in [2.45, 2.75) is 38.9 Å². The first-order chi connectivity index (χ1) is 5.60. The predicted octanol–water partition coefficient (Wildman–Crippen LogP) is 2.09. The van der Waals surface area contributed by atoms with Crippen molar-refractivity contribution < 1.29 is 14.3 Å². The lowest BCUT2D eigenvalue weighted by atomic mass is 10.8. The van der Waals surface area contributed by atoms with E-state index in [0.717, 1.165) is 18.1 Å². The standard InChI is InChI=1S/C8H18O3Si/c1-4-12(5-2,6-3)11-7-8(9)10/h4-7H2,1-3H3,(H,9,10). The van der Waals surface area contributed by atoms with Crippen LogP contribution in [0.15, 0.2) is 0 Å². The lowest BCUT2D eigenvalue weighted by molar-refractivity contribution is -0.139. The second kappa shape index (κ2) is 5.32. The SMILES string of the molecule is CC[Si](CC)(CC)OCC(=O)O. The minimum absolute atomic E-state index is 0.123. The summed E-state index contributed by atoms with van der Waals surface area (Å²) in [5, 5.41) is 8.46. The Balaban J connectivity index is 4.01. The Kier molecular flexibility index (Phi) is 5.16. The van der Waals surface area contributed by atoms with E-state index in [2.05, 4.69) is 20.8 Å². The van der Waals surface area contributed by atoms with Gasteiger partial charge in [-0.1, -0.05) is 20.8 Å². The van der Waals surface area contributed by atoms with E-state index in [1.54, 1.807) is 0 Å². The Morgan fingerprint density at radius 1 is 1.25 bits per heavy atom. The van der Waals surface area contributed by atoms with Gasteiger partial charge in [0.25, 0.3) is 0 Å². The number of carboxylic acid groups (broad SMARTS) is 1. The summed E-state index contributed by atoms with van der Waals surface area (Å²) in [7, 11) is -1.66. The summed E-state index contributed by atoms with van der Waals surface area (Å²) >= 11 is 0. The minimum Gasteiger partial charge on any atom is -0.480 e. The van der Waals surface area contributed by atoms with Gasteiger partial charge in [-0.3, -0.25) is 0 Å². The van der Waals surface area contributed by atoms with Crippen molar-refractivity contribution in [3.63, 3.8) is 0 Å². The zero-order valence-electron chi connectivity index (χ0n) is 8.09. The molecule has 3 nitrogen and oxygen atoms in total. The van der Waals surface area contributed by atoms with Gasteiger partial charge in [0.2, 0.25) is 0 Å². The highest BCUT2D eigenvalue weighted by Crippen LogP contribution is 2.20. The van der Waals surface area contributed by atoms with Gasteiger partial charge in [0, 0.05) is 0 Å². The molecule has 0 rings (SSSR count). The number of hydrogen-bond donors (Lipinski definition) is 1. The highest BCUT2D eigenvalue weighted by Gasteiger charge is 2.29. The van der Waals surface area contributed by atoms with Crippen LogP contribution in [0.2, 0.25) is 18.1 Å². The summed E-state index contributed by atoms with van der Waals surface area (Å²) in [6, 6.07) is 3.02. The van der Waals surface area contributed by atoms with E-state index in [4.69, 9.17) is 9.53 Å². The topological polar surface area (TPSA) is 46.5 Å². The molecule has 0 unspecified atom stereocenters. The van der Waals surface area contributed by atoms with Gasteiger partial charge in [-0.25, -0.2) is 4.79 Å². The molecule has 0 aromatic rings. The van der Waals surface area contributed by atoms with Gasteiger partial charge in [0.1, 0.15) is 6.61 Å². The second-order valence-electron chi connectivity index (χ2n) is 2.93. The summed E-state index contributed by atoms with van der Waals surface area (Å²) in [6.45, 7) is 6.13. The molecule has 0 aromatic heterocycles. The molecule has 0 atom stereocenters. The van der Waals surface area contributed by atoms with Gasteiger partial charge in [0.15, 0.2) is 8.32 Å². The Morgan fingerprint density at radius 3 is 1.92 bits per heavy atom. The molecular formula is C8H18O3Si. The second-order valence-corrected chi connectivity index (χ2v) is 7.70. The summed E-state index contributed by atoms with van der Waals surface area (Å²) in [4.78, 5) is 10.3. The molecule has 0 amide bonds. The fraction of sp³-hybridized carbons (Fsp3) is 0.875. The summed E-state index contributed by atoms with van der Waals surface area (Å²) in [5.74, 6) is -0.859. The van der Waals surface area contributed by atoms with Crippen molar-refractivity contribution in [2.75, 3.05) is 6.61 Å². The fourth-order valence-corrected chi connectivity index (χ4v) is 3.81. The molecule has 0 saturated carbocycles. The van der Waals surface area contributed by atoms with Crippen molar-refractivity contribution in [2.24, 2.45) is 0 Å². The first-order valence-electron chi connectivity index (χ1n) is 4.46. The largest absolute Gasteiger partial charge is 0.480 e. The van der Waals surface area contributed by atoms with Gasteiger partial charge in [0.05, 0.1) is 0 Å². The van der Waals surface area contributed by atoms with E-state index in [9.17, 15) is 4.79 Å². The molecule has 72 valence electrons. The average Bonchev–Trinajstić information content (AvgIpc) is 2.08. The molecule has 0 spiro atoms. The van der Waals surface area contributed by atoms with Crippen LogP contribution in [-0.2, 0) is 9.22 Å². The number of rotatable bonds is 6. The van der Waals surface area contributed by atoms with Gasteiger partial charge in [-0.15, -0.1) is 0 Å². The van der Waals surface area contributed by atoms with Gasteiger partial charge in [-0.2, -0.15) is 0 Å². The molecule has 0 saturated heterocycles. The molecule has 0 aliphatic rings. The number of carboxylic acids is 1.